The molecule has 2 amide bonds. The number of halogens is 2. The highest BCUT2D eigenvalue weighted by Gasteiger charge is 2.54. The minimum atomic E-state index is -1.31. The van der Waals surface area contributed by atoms with E-state index in [0.717, 1.165) is 26.7 Å². The molecule has 0 spiro atoms. The lowest BCUT2D eigenvalue weighted by atomic mass is 10.0. The van der Waals surface area contributed by atoms with E-state index in [9.17, 15) is 29.0 Å². The number of hydrogen-bond donors (Lipinski definition) is 6. The van der Waals surface area contributed by atoms with Crippen LogP contribution in [0.4, 0.5) is 9.52 Å². The number of oxime groups is 1. The number of nitrogens with two attached hydrogens (primary N) is 3. The standard InChI is InChI=1S/C24H27ClFN9O6S4/c25-18-14(33-24(29)45-18)15(34-41-4-2-26)19(37)32-16-20(38)35-17(22(39)40)13(9-43-21(16)35)44-12-1-3-30-5-10(12)7-42-8-11(6-36)31-23(27)28/h1,3,5,11,16,21,36H,2,4,6-9H2,(H2,29,33)(H,32,37)(H,39,40)(H4,27,28,31)/b34-15-/t11?,16-,21-/m1/s1. The lowest BCUT2D eigenvalue weighted by Crippen LogP contribution is -2.71. The summed E-state index contributed by atoms with van der Waals surface area (Å²) in [7, 11) is 0. The molecule has 242 valence electrons. The second-order valence-electron chi connectivity index (χ2n) is 9.07. The molecular weight excluding hydrogens is 693 g/mol. The zero-order valence-electron chi connectivity index (χ0n) is 23.1. The third-order valence-electron chi connectivity index (χ3n) is 5.99. The van der Waals surface area contributed by atoms with E-state index in [0.29, 0.717) is 16.4 Å². The maximum atomic E-state index is 13.3. The fourth-order valence-electron chi connectivity index (χ4n) is 4.08. The number of rotatable bonds is 15. The van der Waals surface area contributed by atoms with Crippen LogP contribution in [-0.2, 0) is 25.0 Å². The van der Waals surface area contributed by atoms with Gasteiger partial charge in [0, 0.05) is 39.5 Å². The van der Waals surface area contributed by atoms with Crippen molar-refractivity contribution in [3.05, 3.63) is 44.7 Å². The molecule has 2 aromatic heterocycles. The van der Waals surface area contributed by atoms with E-state index < -0.39 is 54.2 Å². The molecule has 0 bridgehead atoms. The summed E-state index contributed by atoms with van der Waals surface area (Å²) >= 11 is 11.0. The molecule has 4 heterocycles. The number of alkyl halides is 1. The Kier molecular flexibility index (Phi) is 12.1. The number of aromatic nitrogens is 2. The van der Waals surface area contributed by atoms with E-state index in [1.54, 1.807) is 18.5 Å². The van der Waals surface area contributed by atoms with Gasteiger partial charge in [-0.25, -0.2) is 19.2 Å². The number of carbonyl (C=O) groups is 3. The smallest absolute Gasteiger partial charge is 0.353 e. The summed E-state index contributed by atoms with van der Waals surface area (Å²) in [5, 5.41) is 25.1. The summed E-state index contributed by atoms with van der Waals surface area (Å²) in [5.74, 6) is -1.83. The molecule has 0 aromatic carbocycles. The van der Waals surface area contributed by atoms with E-state index in [4.69, 9.17) is 33.6 Å². The van der Waals surface area contributed by atoms with Gasteiger partial charge in [0.05, 0.1) is 12.6 Å². The number of hydrogen-bond acceptors (Lipinski definition) is 14. The third-order valence-corrected chi connectivity index (χ3v) is 10.9. The van der Waals surface area contributed by atoms with Crippen LogP contribution in [0.2, 0.25) is 4.34 Å². The molecule has 0 saturated carbocycles. The van der Waals surface area contributed by atoms with Gasteiger partial charge in [-0.15, -0.1) is 11.8 Å². The number of pyridine rings is 1. The first-order chi connectivity index (χ1) is 21.5. The van der Waals surface area contributed by atoms with Gasteiger partial charge in [-0.2, -0.15) is 11.8 Å². The van der Waals surface area contributed by atoms with Crippen molar-refractivity contribution < 1.29 is 33.8 Å². The summed E-state index contributed by atoms with van der Waals surface area (Å²) in [4.78, 5) is 58.1. The molecule has 2 aromatic rings. The van der Waals surface area contributed by atoms with Crippen molar-refractivity contribution >= 4 is 92.8 Å². The number of β-lactam (4-membered cyclic amide) rings is 1. The number of aliphatic hydroxyl groups is 1. The van der Waals surface area contributed by atoms with E-state index in [2.05, 4.69) is 25.4 Å². The van der Waals surface area contributed by atoms with Gasteiger partial charge in [-0.05, 0) is 11.6 Å². The number of aliphatic carboxylic acids is 1. The van der Waals surface area contributed by atoms with Crippen molar-refractivity contribution in [1.29, 1.82) is 0 Å². The second-order valence-corrected chi connectivity index (χ2v) is 14.0. The molecule has 0 radical (unpaired) electrons. The molecule has 45 heavy (non-hydrogen) atoms. The van der Waals surface area contributed by atoms with Crippen molar-refractivity contribution in [3.63, 3.8) is 0 Å². The predicted octanol–water partition coefficient (Wildman–Crippen LogP) is 0.820. The fraction of sp³-hybridized carbons (Fsp3) is 0.375. The van der Waals surface area contributed by atoms with E-state index in [1.807, 2.05) is 0 Å². The summed E-state index contributed by atoms with van der Waals surface area (Å²) < 4.78 is 12.6. The number of nitrogens with one attached hydrogen (secondary N) is 1. The van der Waals surface area contributed by atoms with Crippen LogP contribution in [0.3, 0.4) is 0 Å². The van der Waals surface area contributed by atoms with Crippen LogP contribution in [0.15, 0.2) is 44.1 Å². The number of guanidine groups is 1. The molecular formula is C24H27ClFN9O6S4. The number of nitrogen functional groups attached to an aromatic ring is 1. The minimum absolute atomic E-state index is 0.0347. The van der Waals surface area contributed by atoms with Crippen LogP contribution < -0.4 is 22.5 Å². The van der Waals surface area contributed by atoms with Crippen LogP contribution in [0, 0.1) is 0 Å². The monoisotopic (exact) mass is 719 g/mol. The Hall–Kier alpha value is -3.30. The SMILES string of the molecule is NC(N)=NC(CO)CSCc1cnccc1SC1=C(C(=O)O)N2C(=O)[C@@H](NC(=O)/C(=N\OCCF)c3nc(N)sc3Cl)[C@H]2SC1. The highest BCUT2D eigenvalue weighted by Crippen LogP contribution is 2.46. The van der Waals surface area contributed by atoms with Crippen LogP contribution in [-0.4, -0.2) is 103 Å². The van der Waals surface area contributed by atoms with Crippen LogP contribution in [0.5, 0.6) is 0 Å². The number of anilines is 1. The third kappa shape index (κ3) is 8.30. The summed E-state index contributed by atoms with van der Waals surface area (Å²) in [5.41, 5.74) is 16.6. The predicted molar refractivity (Wildman–Crippen MR) is 173 cm³/mol. The average Bonchev–Trinajstić information content (AvgIpc) is 3.34. The van der Waals surface area contributed by atoms with Gasteiger partial charge >= 0.3 is 5.97 Å². The van der Waals surface area contributed by atoms with E-state index >= 15 is 0 Å². The first-order valence-electron chi connectivity index (χ1n) is 12.8. The van der Waals surface area contributed by atoms with Gasteiger partial charge in [-0.3, -0.25) is 19.5 Å². The van der Waals surface area contributed by atoms with Crippen LogP contribution in [0.25, 0.3) is 0 Å². The second kappa shape index (κ2) is 15.8. The lowest BCUT2D eigenvalue weighted by Gasteiger charge is -2.49. The molecule has 2 aliphatic rings. The molecule has 0 aliphatic carbocycles. The number of carboxylic acid groups (broad SMARTS) is 1. The van der Waals surface area contributed by atoms with E-state index in [-0.39, 0.29) is 39.2 Å². The zero-order valence-corrected chi connectivity index (χ0v) is 27.1. The highest BCUT2D eigenvalue weighted by atomic mass is 35.5. The summed E-state index contributed by atoms with van der Waals surface area (Å²) in [6.07, 6.45) is 3.23. The highest BCUT2D eigenvalue weighted by molar-refractivity contribution is 8.06. The number of fused-ring (bicyclic) bond motifs is 1. The molecule has 3 atom stereocenters. The van der Waals surface area contributed by atoms with Gasteiger partial charge in [0.2, 0.25) is 0 Å². The molecule has 2 aliphatic heterocycles. The maximum absolute atomic E-state index is 13.3. The van der Waals surface area contributed by atoms with Crippen molar-refractivity contribution in [1.82, 2.24) is 20.2 Å². The number of thiazole rings is 1. The lowest BCUT2D eigenvalue weighted by molar-refractivity contribution is -0.150. The van der Waals surface area contributed by atoms with Gasteiger partial charge < -0.3 is 37.6 Å². The maximum Gasteiger partial charge on any atom is 0.353 e. The van der Waals surface area contributed by atoms with Crippen molar-refractivity contribution in [2.45, 2.75) is 28.1 Å². The topological polar surface area (TPSA) is 245 Å². The van der Waals surface area contributed by atoms with Crippen LogP contribution in [0.1, 0.15) is 11.3 Å². The van der Waals surface area contributed by atoms with Crippen molar-refractivity contribution in [2.24, 2.45) is 21.6 Å². The number of nitrogens with zero attached hydrogens (tertiary/aromatic N) is 5. The zero-order chi connectivity index (χ0) is 32.7. The number of aliphatic hydroxyl groups excluding tert-OH is 1. The first kappa shape index (κ1) is 34.6. The quantitative estimate of drug-likeness (QED) is 0.0491. The Bertz CT molecular complexity index is 1540. The number of amides is 2. The van der Waals surface area contributed by atoms with Gasteiger partial charge in [-0.1, -0.05) is 39.9 Å². The fourth-order valence-corrected chi connectivity index (χ4v) is 8.69. The Morgan fingerprint density at radius 1 is 1.38 bits per heavy atom. The van der Waals surface area contributed by atoms with Crippen molar-refractivity contribution in [3.8, 4) is 0 Å². The Morgan fingerprint density at radius 3 is 2.80 bits per heavy atom. The first-order valence-corrected chi connectivity index (χ1v) is 17.0. The average molecular weight is 720 g/mol. The Morgan fingerprint density at radius 2 is 2.16 bits per heavy atom. The minimum Gasteiger partial charge on any atom is -0.477 e. The Labute approximate surface area is 277 Å². The molecule has 21 heteroatoms. The van der Waals surface area contributed by atoms with Gasteiger partial charge in [0.15, 0.2) is 16.8 Å². The molecule has 9 N–H and O–H groups in total. The van der Waals surface area contributed by atoms with Gasteiger partial charge in [0.25, 0.3) is 11.8 Å². The molecule has 1 fully saturated rings. The number of thioether (sulfide) groups is 3. The van der Waals surface area contributed by atoms with Crippen molar-refractivity contribution in [2.75, 3.05) is 37.1 Å². The number of carbonyl (C=O) groups excluding carboxylic acids is 2. The van der Waals surface area contributed by atoms with Gasteiger partial charge in [0.1, 0.15) is 40.4 Å². The molecule has 15 nitrogen and oxygen atoms in total. The number of carboxylic acids is 1. The number of aliphatic imine (C=N–C) groups is 1. The molecule has 1 saturated heterocycles. The summed E-state index contributed by atoms with van der Waals surface area (Å²) in [6.45, 7) is -1.53. The van der Waals surface area contributed by atoms with Crippen LogP contribution >= 0.6 is 58.2 Å². The van der Waals surface area contributed by atoms with E-state index in [1.165, 1.54) is 35.3 Å². The Balaban J connectivity index is 1.49. The largest absolute Gasteiger partial charge is 0.477 e. The normalized spacial score (nSPS) is 18.6. The molecule has 4 rings (SSSR count). The summed E-state index contributed by atoms with van der Waals surface area (Å²) in [6, 6.07) is 0.169. The molecule has 1 unspecified atom stereocenters.